The Labute approximate surface area is 80.7 Å². The van der Waals surface area contributed by atoms with Crippen molar-refractivity contribution in [2.75, 3.05) is 0 Å². The average molecular weight is 198 g/mol. The lowest BCUT2D eigenvalue weighted by atomic mass is 10.2. The predicted molar refractivity (Wildman–Crippen MR) is 48.9 cm³/mol. The number of nitrogens with zero attached hydrogens (tertiary/aromatic N) is 1. The first kappa shape index (κ1) is 9.62. The summed E-state index contributed by atoms with van der Waals surface area (Å²) in [5.41, 5.74) is 0.807. The Morgan fingerprint density at radius 1 is 1.92 bits per heavy atom. The van der Waals surface area contributed by atoms with Gasteiger partial charge in [-0.25, -0.2) is 4.98 Å². The highest BCUT2D eigenvalue weighted by atomic mass is 35.5. The van der Waals surface area contributed by atoms with Gasteiger partial charge in [0.2, 0.25) is 5.24 Å². The number of hydrogen-bond donors (Lipinski definition) is 2. The van der Waals surface area contributed by atoms with Crippen molar-refractivity contribution in [3.8, 4) is 12.5 Å². The second-order valence-electron chi connectivity index (χ2n) is 2.43. The van der Waals surface area contributed by atoms with Crippen LogP contribution in [0.15, 0.2) is 12.5 Å². The molecule has 1 rings (SSSR count). The van der Waals surface area contributed by atoms with E-state index in [-0.39, 0.29) is 0 Å². The van der Waals surface area contributed by atoms with Crippen molar-refractivity contribution in [2.45, 2.75) is 12.5 Å². The number of nitrogens with one attached hydrogen (secondary N) is 2. The average Bonchev–Trinajstić information content (AvgIpc) is 2.56. The van der Waals surface area contributed by atoms with Crippen LogP contribution in [0.2, 0.25) is 0 Å². The summed E-state index contributed by atoms with van der Waals surface area (Å²) >= 11 is 5.31. The highest BCUT2D eigenvalue weighted by Crippen LogP contribution is 2.01. The molecule has 68 valence electrons. The molecule has 0 radical (unpaired) electrons. The SMILES string of the molecule is C#CNC(Cc1cnc[nH]1)C(=O)Cl. The molecular weight excluding hydrogens is 190 g/mol. The highest BCUT2D eigenvalue weighted by molar-refractivity contribution is 6.64. The first-order valence-electron chi connectivity index (χ1n) is 3.61. The third-order valence-corrected chi connectivity index (χ3v) is 1.77. The molecule has 0 bridgehead atoms. The van der Waals surface area contributed by atoms with Crippen molar-refractivity contribution in [2.24, 2.45) is 0 Å². The van der Waals surface area contributed by atoms with Crippen LogP contribution in [-0.4, -0.2) is 21.3 Å². The number of aromatic nitrogens is 2. The van der Waals surface area contributed by atoms with Gasteiger partial charge in [-0.05, 0) is 11.6 Å². The standard InChI is InChI=1S/C8H8ClN3O/c1-2-11-7(8(9)13)3-6-4-10-5-12-6/h1,4-5,7,11H,3H2,(H,10,12). The predicted octanol–water partition coefficient (Wildman–Crippen LogP) is 0.267. The van der Waals surface area contributed by atoms with E-state index in [0.29, 0.717) is 6.42 Å². The second kappa shape index (κ2) is 4.53. The minimum absolute atomic E-state index is 0.409. The molecule has 1 heterocycles. The molecule has 1 atom stereocenters. The van der Waals surface area contributed by atoms with Crippen molar-refractivity contribution in [3.05, 3.63) is 18.2 Å². The van der Waals surface area contributed by atoms with Crippen LogP contribution in [0.4, 0.5) is 0 Å². The highest BCUT2D eigenvalue weighted by Gasteiger charge is 2.15. The molecule has 0 aliphatic carbocycles. The molecule has 1 aromatic rings. The van der Waals surface area contributed by atoms with Gasteiger partial charge in [0, 0.05) is 24.4 Å². The van der Waals surface area contributed by atoms with E-state index >= 15 is 0 Å². The zero-order chi connectivity index (χ0) is 9.68. The molecule has 0 aliphatic heterocycles. The Morgan fingerprint density at radius 3 is 3.15 bits per heavy atom. The van der Waals surface area contributed by atoms with Crippen LogP contribution in [0.3, 0.4) is 0 Å². The molecule has 0 aromatic carbocycles. The third kappa shape index (κ3) is 2.80. The quantitative estimate of drug-likeness (QED) is 0.414. The molecule has 13 heavy (non-hydrogen) atoms. The van der Waals surface area contributed by atoms with Crippen molar-refractivity contribution in [3.63, 3.8) is 0 Å². The number of imidazole rings is 1. The maximum atomic E-state index is 10.8. The third-order valence-electron chi connectivity index (χ3n) is 1.51. The molecule has 1 aromatic heterocycles. The molecule has 2 N–H and O–H groups in total. The molecule has 5 heteroatoms. The van der Waals surface area contributed by atoms with E-state index in [4.69, 9.17) is 18.0 Å². The molecule has 0 aliphatic rings. The number of carbonyl (C=O) groups excluding carboxylic acids is 1. The maximum Gasteiger partial charge on any atom is 0.244 e. The van der Waals surface area contributed by atoms with E-state index in [0.717, 1.165) is 5.69 Å². The number of carbonyl (C=O) groups is 1. The van der Waals surface area contributed by atoms with Crippen molar-refractivity contribution >= 4 is 16.8 Å². The minimum Gasteiger partial charge on any atom is -0.348 e. The fourth-order valence-electron chi connectivity index (χ4n) is 0.905. The van der Waals surface area contributed by atoms with E-state index < -0.39 is 11.3 Å². The largest absolute Gasteiger partial charge is 0.348 e. The number of rotatable bonds is 4. The summed E-state index contributed by atoms with van der Waals surface area (Å²) < 4.78 is 0. The van der Waals surface area contributed by atoms with Gasteiger partial charge in [0.1, 0.15) is 6.04 Å². The van der Waals surface area contributed by atoms with E-state index in [9.17, 15) is 4.79 Å². The Hall–Kier alpha value is -1.47. The lowest BCUT2D eigenvalue weighted by Gasteiger charge is -2.08. The molecule has 4 nitrogen and oxygen atoms in total. The molecule has 0 fully saturated rings. The van der Waals surface area contributed by atoms with Crippen LogP contribution < -0.4 is 5.32 Å². The normalized spacial score (nSPS) is 11.7. The van der Waals surface area contributed by atoms with Crippen molar-refractivity contribution < 1.29 is 4.79 Å². The lowest BCUT2D eigenvalue weighted by molar-refractivity contribution is -0.113. The van der Waals surface area contributed by atoms with Crippen LogP contribution >= 0.6 is 11.6 Å². The fraction of sp³-hybridized carbons (Fsp3) is 0.250. The lowest BCUT2D eigenvalue weighted by Crippen LogP contribution is -2.32. The molecule has 0 saturated carbocycles. The van der Waals surface area contributed by atoms with Gasteiger partial charge in [0.15, 0.2) is 0 Å². The Balaban J connectivity index is 2.59. The first-order valence-corrected chi connectivity index (χ1v) is 3.99. The minimum atomic E-state index is -0.563. The van der Waals surface area contributed by atoms with Crippen molar-refractivity contribution in [1.29, 1.82) is 0 Å². The number of halogens is 1. The summed E-state index contributed by atoms with van der Waals surface area (Å²) in [4.78, 5) is 17.5. The van der Waals surface area contributed by atoms with E-state index in [1.807, 2.05) is 0 Å². The van der Waals surface area contributed by atoms with Gasteiger partial charge in [-0.2, -0.15) is 0 Å². The summed E-state index contributed by atoms with van der Waals surface area (Å²) in [6.07, 6.45) is 8.55. The van der Waals surface area contributed by atoms with E-state index in [1.54, 1.807) is 6.20 Å². The molecule has 0 amide bonds. The number of hydrogen-bond acceptors (Lipinski definition) is 3. The van der Waals surface area contributed by atoms with Gasteiger partial charge in [0.05, 0.1) is 6.33 Å². The van der Waals surface area contributed by atoms with Gasteiger partial charge >= 0.3 is 0 Å². The molecule has 0 spiro atoms. The second-order valence-corrected chi connectivity index (χ2v) is 2.80. The van der Waals surface area contributed by atoms with Gasteiger partial charge < -0.3 is 10.3 Å². The van der Waals surface area contributed by atoms with E-state index in [1.165, 1.54) is 6.33 Å². The van der Waals surface area contributed by atoms with Crippen molar-refractivity contribution in [1.82, 2.24) is 15.3 Å². The fourth-order valence-corrected chi connectivity index (χ4v) is 1.04. The number of terminal acetylenes is 1. The molecule has 0 saturated heterocycles. The summed E-state index contributed by atoms with van der Waals surface area (Å²) in [7, 11) is 0. The van der Waals surface area contributed by atoms with E-state index in [2.05, 4.69) is 21.3 Å². The Bertz CT molecular complexity index is 315. The van der Waals surface area contributed by atoms with Gasteiger partial charge in [-0.1, -0.05) is 6.42 Å². The molecular formula is C8H8ClN3O. The van der Waals surface area contributed by atoms with Gasteiger partial charge in [-0.15, -0.1) is 0 Å². The first-order chi connectivity index (χ1) is 6.24. The van der Waals surface area contributed by atoms with Crippen LogP contribution in [0.5, 0.6) is 0 Å². The summed E-state index contributed by atoms with van der Waals surface area (Å²) in [5.74, 6) is 0. The van der Waals surface area contributed by atoms with Gasteiger partial charge in [-0.3, -0.25) is 4.79 Å². The monoisotopic (exact) mass is 197 g/mol. The van der Waals surface area contributed by atoms with Crippen LogP contribution in [0.1, 0.15) is 5.69 Å². The zero-order valence-electron chi connectivity index (χ0n) is 6.75. The summed E-state index contributed by atoms with van der Waals surface area (Å²) in [5, 5.41) is 2.01. The summed E-state index contributed by atoms with van der Waals surface area (Å²) in [6, 6.07) is 1.61. The van der Waals surface area contributed by atoms with Crippen LogP contribution in [0, 0.1) is 12.5 Å². The van der Waals surface area contributed by atoms with Gasteiger partial charge in [0.25, 0.3) is 0 Å². The number of aromatic amines is 1. The molecule has 1 unspecified atom stereocenters. The topological polar surface area (TPSA) is 57.8 Å². The smallest absolute Gasteiger partial charge is 0.244 e. The Morgan fingerprint density at radius 2 is 2.69 bits per heavy atom. The van der Waals surface area contributed by atoms with Crippen LogP contribution in [0.25, 0.3) is 0 Å². The maximum absolute atomic E-state index is 10.8. The zero-order valence-corrected chi connectivity index (χ0v) is 7.51. The van der Waals surface area contributed by atoms with Crippen LogP contribution in [-0.2, 0) is 11.2 Å². The Kier molecular flexibility index (Phi) is 3.35. The summed E-state index contributed by atoms with van der Waals surface area (Å²) in [6.45, 7) is 0. The number of H-pyrrole nitrogens is 1.